The first-order chi connectivity index (χ1) is 10.8. The van der Waals surface area contributed by atoms with Gasteiger partial charge in [-0.05, 0) is 38.0 Å². The summed E-state index contributed by atoms with van der Waals surface area (Å²) in [7, 11) is 0. The second-order valence-electron chi connectivity index (χ2n) is 6.43. The summed E-state index contributed by atoms with van der Waals surface area (Å²) in [6.45, 7) is 3.89. The molecule has 3 rings (SSSR count). The van der Waals surface area contributed by atoms with Gasteiger partial charge in [-0.25, -0.2) is 0 Å². The van der Waals surface area contributed by atoms with E-state index in [2.05, 4.69) is 5.32 Å². The van der Waals surface area contributed by atoms with Gasteiger partial charge < -0.3 is 15.0 Å². The molecule has 1 aromatic rings. The summed E-state index contributed by atoms with van der Waals surface area (Å²) in [5.74, 6) is -0.302. The summed E-state index contributed by atoms with van der Waals surface area (Å²) >= 11 is 0. The van der Waals surface area contributed by atoms with Gasteiger partial charge in [-0.1, -0.05) is 0 Å². The van der Waals surface area contributed by atoms with Crippen LogP contribution in [-0.4, -0.2) is 32.2 Å². The quantitative estimate of drug-likeness (QED) is 0.926. The number of halogens is 3. The van der Waals surface area contributed by atoms with Crippen LogP contribution < -0.4 is 10.2 Å². The Labute approximate surface area is 132 Å². The van der Waals surface area contributed by atoms with Crippen molar-refractivity contribution in [1.29, 1.82) is 0 Å². The van der Waals surface area contributed by atoms with Crippen LogP contribution in [0.1, 0.15) is 25.3 Å². The summed E-state index contributed by atoms with van der Waals surface area (Å²) in [5.41, 5.74) is -0.561. The Hall–Kier alpha value is -1.76. The number of hydrogen-bond donors (Lipinski definition) is 1. The van der Waals surface area contributed by atoms with Gasteiger partial charge in [0, 0.05) is 13.1 Å². The van der Waals surface area contributed by atoms with Crippen LogP contribution in [0.25, 0.3) is 0 Å². The van der Waals surface area contributed by atoms with E-state index in [1.165, 1.54) is 6.07 Å². The molecule has 2 aliphatic rings. The molecule has 0 spiro atoms. The van der Waals surface area contributed by atoms with Crippen LogP contribution in [0.3, 0.4) is 0 Å². The first kappa shape index (κ1) is 16.1. The highest BCUT2D eigenvalue weighted by Crippen LogP contribution is 2.37. The van der Waals surface area contributed by atoms with Crippen molar-refractivity contribution in [2.24, 2.45) is 5.41 Å². The third kappa shape index (κ3) is 3.15. The fourth-order valence-corrected chi connectivity index (χ4v) is 2.86. The van der Waals surface area contributed by atoms with Crippen LogP contribution in [-0.2, 0) is 15.7 Å². The van der Waals surface area contributed by atoms with E-state index in [0.717, 1.165) is 38.1 Å². The van der Waals surface area contributed by atoms with Crippen molar-refractivity contribution in [1.82, 2.24) is 0 Å². The van der Waals surface area contributed by atoms with Crippen molar-refractivity contribution < 1.29 is 22.7 Å². The summed E-state index contributed by atoms with van der Waals surface area (Å²) in [6, 6.07) is 3.54. The van der Waals surface area contributed by atoms with E-state index in [1.54, 1.807) is 6.92 Å². The number of carbonyl (C=O) groups excluding carboxylic acids is 1. The van der Waals surface area contributed by atoms with Gasteiger partial charge in [0.1, 0.15) is 0 Å². The third-order valence-electron chi connectivity index (χ3n) is 4.41. The zero-order chi connectivity index (χ0) is 16.7. The highest BCUT2D eigenvalue weighted by Gasteiger charge is 2.41. The number of nitrogens with zero attached hydrogens (tertiary/aromatic N) is 1. The van der Waals surface area contributed by atoms with Crippen molar-refractivity contribution in [3.05, 3.63) is 23.8 Å². The molecule has 1 aromatic carbocycles. The molecule has 0 aromatic heterocycles. The van der Waals surface area contributed by atoms with E-state index in [1.807, 2.05) is 4.90 Å². The largest absolute Gasteiger partial charge is 0.416 e. The van der Waals surface area contributed by atoms with E-state index in [4.69, 9.17) is 4.74 Å². The van der Waals surface area contributed by atoms with Gasteiger partial charge in [-0.3, -0.25) is 4.79 Å². The second-order valence-corrected chi connectivity index (χ2v) is 6.43. The van der Waals surface area contributed by atoms with Gasteiger partial charge in [-0.2, -0.15) is 13.2 Å². The molecule has 0 unspecified atom stereocenters. The molecule has 0 saturated carbocycles. The molecule has 23 heavy (non-hydrogen) atoms. The number of nitrogens with one attached hydrogen (secondary N) is 1. The lowest BCUT2D eigenvalue weighted by Crippen LogP contribution is -2.49. The Morgan fingerprint density at radius 1 is 1.26 bits per heavy atom. The van der Waals surface area contributed by atoms with E-state index in [9.17, 15) is 18.0 Å². The van der Waals surface area contributed by atoms with Gasteiger partial charge >= 0.3 is 6.18 Å². The summed E-state index contributed by atoms with van der Waals surface area (Å²) < 4.78 is 44.0. The minimum Gasteiger partial charge on any atom is -0.379 e. The number of hydrogen-bond acceptors (Lipinski definition) is 3. The van der Waals surface area contributed by atoms with Crippen LogP contribution in [0.4, 0.5) is 24.5 Å². The molecule has 0 radical (unpaired) electrons. The fraction of sp³-hybridized carbons (Fsp3) is 0.562. The lowest BCUT2D eigenvalue weighted by Gasteiger charge is -2.36. The number of alkyl halides is 3. The van der Waals surface area contributed by atoms with Crippen molar-refractivity contribution in [3.8, 4) is 0 Å². The monoisotopic (exact) mass is 328 g/mol. The SMILES string of the molecule is CC1(C(=O)Nc2cc(C(F)(F)F)ccc2N2CCCC2)COC1. The van der Waals surface area contributed by atoms with Crippen LogP contribution in [0, 0.1) is 5.41 Å². The number of amides is 1. The molecule has 2 fully saturated rings. The van der Waals surface area contributed by atoms with Crippen molar-refractivity contribution in [3.63, 3.8) is 0 Å². The molecule has 126 valence electrons. The van der Waals surface area contributed by atoms with Crippen LogP contribution in [0.15, 0.2) is 18.2 Å². The second kappa shape index (κ2) is 5.70. The topological polar surface area (TPSA) is 41.6 Å². The minimum absolute atomic E-state index is 0.222. The lowest BCUT2D eigenvalue weighted by molar-refractivity contribution is -0.152. The maximum Gasteiger partial charge on any atom is 0.416 e. The molecule has 1 amide bonds. The zero-order valence-electron chi connectivity index (χ0n) is 12.9. The molecule has 1 N–H and O–H groups in total. The number of carbonyl (C=O) groups is 1. The molecule has 2 saturated heterocycles. The predicted molar refractivity (Wildman–Crippen MR) is 80.4 cm³/mol. The molecule has 7 heteroatoms. The van der Waals surface area contributed by atoms with E-state index >= 15 is 0 Å². The number of benzene rings is 1. The molecule has 0 bridgehead atoms. The van der Waals surface area contributed by atoms with Gasteiger partial charge in [0.25, 0.3) is 0 Å². The molecule has 4 nitrogen and oxygen atoms in total. The maximum absolute atomic E-state index is 13.0. The first-order valence-electron chi connectivity index (χ1n) is 7.65. The molecular weight excluding hydrogens is 309 g/mol. The number of ether oxygens (including phenoxy) is 1. The Kier molecular flexibility index (Phi) is 4.00. The number of rotatable bonds is 3. The fourth-order valence-electron chi connectivity index (χ4n) is 2.86. The average Bonchev–Trinajstić information content (AvgIpc) is 2.97. The first-order valence-corrected chi connectivity index (χ1v) is 7.65. The Morgan fingerprint density at radius 3 is 2.43 bits per heavy atom. The summed E-state index contributed by atoms with van der Waals surface area (Å²) in [6.07, 6.45) is -2.44. The smallest absolute Gasteiger partial charge is 0.379 e. The highest BCUT2D eigenvalue weighted by atomic mass is 19.4. The lowest BCUT2D eigenvalue weighted by atomic mass is 9.87. The minimum atomic E-state index is -4.44. The Morgan fingerprint density at radius 2 is 1.91 bits per heavy atom. The van der Waals surface area contributed by atoms with Crippen LogP contribution in [0.2, 0.25) is 0 Å². The van der Waals surface area contributed by atoms with E-state index in [-0.39, 0.29) is 24.8 Å². The van der Waals surface area contributed by atoms with E-state index in [0.29, 0.717) is 5.69 Å². The van der Waals surface area contributed by atoms with Crippen molar-refractivity contribution in [2.75, 3.05) is 36.5 Å². The van der Waals surface area contributed by atoms with Gasteiger partial charge in [0.05, 0.1) is 35.6 Å². The molecular formula is C16H19F3N2O2. The Bertz CT molecular complexity index is 606. The van der Waals surface area contributed by atoms with Crippen LogP contribution >= 0.6 is 0 Å². The molecule has 0 aliphatic carbocycles. The zero-order valence-corrected chi connectivity index (χ0v) is 12.9. The van der Waals surface area contributed by atoms with Gasteiger partial charge in [0.15, 0.2) is 0 Å². The van der Waals surface area contributed by atoms with Gasteiger partial charge in [0.2, 0.25) is 5.91 Å². The summed E-state index contributed by atoms with van der Waals surface area (Å²) in [5, 5.41) is 2.68. The molecule has 0 atom stereocenters. The van der Waals surface area contributed by atoms with Crippen molar-refractivity contribution >= 4 is 17.3 Å². The molecule has 2 aliphatic heterocycles. The standard InChI is InChI=1S/C16H19F3N2O2/c1-15(9-23-10-15)14(22)20-12-8-11(16(17,18)19)4-5-13(12)21-6-2-3-7-21/h4-5,8H,2-3,6-7,9-10H2,1H3,(H,20,22). The van der Waals surface area contributed by atoms with Crippen LogP contribution in [0.5, 0.6) is 0 Å². The normalized spacial score (nSPS) is 20.3. The van der Waals surface area contributed by atoms with Crippen molar-refractivity contribution in [2.45, 2.75) is 25.9 Å². The van der Waals surface area contributed by atoms with Gasteiger partial charge in [-0.15, -0.1) is 0 Å². The highest BCUT2D eigenvalue weighted by molar-refractivity contribution is 5.98. The third-order valence-corrected chi connectivity index (χ3v) is 4.41. The van der Waals surface area contributed by atoms with E-state index < -0.39 is 17.2 Å². The molecule has 2 heterocycles. The number of anilines is 2. The summed E-state index contributed by atoms with van der Waals surface area (Å²) in [4.78, 5) is 14.4. The maximum atomic E-state index is 13.0. The average molecular weight is 328 g/mol. The predicted octanol–water partition coefficient (Wildman–Crippen LogP) is 3.28. The Balaban J connectivity index is 1.91.